The number of carbonyl (C=O) groups excluding carboxylic acids is 2. The molecular weight excluding hydrogens is 631 g/mol. The van der Waals surface area contributed by atoms with Crippen LogP contribution in [0.4, 0.5) is 11.4 Å². The molecule has 4 aromatic rings. The first-order chi connectivity index (χ1) is 22.9. The molecule has 0 bridgehead atoms. The number of carbonyl (C=O) groups is 2. The fraction of sp³-hybridized carbons (Fsp3) is 0.316. The first-order valence-corrected chi connectivity index (χ1v) is 17.0. The molecule has 9 heteroatoms. The fourth-order valence-electron chi connectivity index (χ4n) is 6.32. The van der Waals surface area contributed by atoms with Crippen LogP contribution in [0.2, 0.25) is 10.0 Å². The second kappa shape index (κ2) is 15.7. The summed E-state index contributed by atoms with van der Waals surface area (Å²) in [5.74, 6) is 0.0479. The van der Waals surface area contributed by atoms with Crippen LogP contribution in [-0.4, -0.2) is 74.0 Å². The number of para-hydroxylation sites is 2. The van der Waals surface area contributed by atoms with E-state index >= 15 is 0 Å². The van der Waals surface area contributed by atoms with Gasteiger partial charge in [0.2, 0.25) is 11.8 Å². The smallest absolute Gasteiger partial charge is 0.225 e. The van der Waals surface area contributed by atoms with Crippen LogP contribution in [0.3, 0.4) is 0 Å². The number of anilines is 2. The van der Waals surface area contributed by atoms with Crippen molar-refractivity contribution >= 4 is 46.4 Å². The van der Waals surface area contributed by atoms with E-state index in [1.165, 1.54) is 11.4 Å². The lowest BCUT2D eigenvalue weighted by atomic mass is 10.0. The van der Waals surface area contributed by atoms with E-state index in [1.54, 1.807) is 0 Å². The molecule has 0 aliphatic carbocycles. The van der Waals surface area contributed by atoms with Crippen LogP contribution < -0.4 is 9.80 Å². The zero-order valence-corrected chi connectivity index (χ0v) is 27.9. The van der Waals surface area contributed by atoms with Gasteiger partial charge in [0.15, 0.2) is 0 Å². The third-order valence-corrected chi connectivity index (χ3v) is 9.54. The molecule has 2 atom stereocenters. The molecule has 2 aliphatic heterocycles. The van der Waals surface area contributed by atoms with Crippen molar-refractivity contribution in [2.45, 2.75) is 25.0 Å². The Morgan fingerprint density at radius 3 is 1.19 bits per heavy atom. The zero-order valence-electron chi connectivity index (χ0n) is 26.4. The summed E-state index contributed by atoms with van der Waals surface area (Å²) < 4.78 is 6.80. The molecule has 2 heterocycles. The lowest BCUT2D eigenvalue weighted by molar-refractivity contribution is -0.139. The molecule has 2 aliphatic rings. The summed E-state index contributed by atoms with van der Waals surface area (Å²) in [7, 11) is 0. The molecule has 47 heavy (non-hydrogen) atoms. The van der Waals surface area contributed by atoms with Gasteiger partial charge in [-0.05, 0) is 59.7 Å². The van der Waals surface area contributed by atoms with Gasteiger partial charge in [-0.1, -0.05) is 83.9 Å². The summed E-state index contributed by atoms with van der Waals surface area (Å²) in [5.41, 5.74) is 4.01. The first-order valence-electron chi connectivity index (χ1n) is 16.2. The second-order valence-corrected chi connectivity index (χ2v) is 12.9. The van der Waals surface area contributed by atoms with E-state index in [-0.39, 0.29) is 24.7 Å². The molecule has 2 unspecified atom stereocenters. The van der Waals surface area contributed by atoms with Crippen LogP contribution >= 0.6 is 23.2 Å². The summed E-state index contributed by atoms with van der Waals surface area (Å²) in [6, 6.07) is 35.4. The summed E-state index contributed by atoms with van der Waals surface area (Å²) in [4.78, 5) is 36.0. The van der Waals surface area contributed by atoms with E-state index in [0.29, 0.717) is 36.2 Å². The van der Waals surface area contributed by atoms with Crippen molar-refractivity contribution in [2.24, 2.45) is 0 Å². The number of halogens is 2. The molecule has 7 nitrogen and oxygen atoms in total. The molecule has 4 aromatic carbocycles. The van der Waals surface area contributed by atoms with Gasteiger partial charge in [-0.3, -0.25) is 9.59 Å². The summed E-state index contributed by atoms with van der Waals surface area (Å²) in [5, 5.41) is 1.21. The van der Waals surface area contributed by atoms with Crippen LogP contribution in [0.5, 0.6) is 0 Å². The normalized spacial score (nSPS) is 16.6. The Balaban J connectivity index is 1.16. The predicted molar refractivity (Wildman–Crippen MR) is 189 cm³/mol. The van der Waals surface area contributed by atoms with Gasteiger partial charge < -0.3 is 24.3 Å². The molecular formula is C38H40Cl2N4O3. The van der Waals surface area contributed by atoms with Crippen molar-refractivity contribution in [1.29, 1.82) is 0 Å². The Morgan fingerprint density at radius 1 is 0.511 bits per heavy atom. The van der Waals surface area contributed by atoms with Crippen LogP contribution in [0.15, 0.2) is 109 Å². The largest absolute Gasteiger partial charge is 0.368 e. The van der Waals surface area contributed by atoms with Crippen LogP contribution in [0.25, 0.3) is 0 Å². The highest BCUT2D eigenvalue weighted by Crippen LogP contribution is 2.34. The van der Waals surface area contributed by atoms with E-state index in [9.17, 15) is 9.59 Å². The molecule has 0 saturated carbocycles. The minimum atomic E-state index is -0.574. The van der Waals surface area contributed by atoms with Gasteiger partial charge in [-0.2, -0.15) is 0 Å². The zero-order chi connectivity index (χ0) is 32.6. The number of hydrogen-bond acceptors (Lipinski definition) is 5. The van der Waals surface area contributed by atoms with E-state index in [2.05, 4.69) is 34.1 Å². The van der Waals surface area contributed by atoms with Gasteiger partial charge in [0.1, 0.15) is 0 Å². The molecule has 2 amide bonds. The molecule has 0 N–H and O–H groups in total. The maximum absolute atomic E-state index is 13.8. The van der Waals surface area contributed by atoms with Crippen LogP contribution in [0, 0.1) is 0 Å². The van der Waals surface area contributed by atoms with Gasteiger partial charge in [-0.15, -0.1) is 0 Å². The molecule has 2 saturated heterocycles. The Morgan fingerprint density at radius 2 is 0.851 bits per heavy atom. The third kappa shape index (κ3) is 8.66. The molecule has 0 aromatic heterocycles. The summed E-state index contributed by atoms with van der Waals surface area (Å²) in [6.07, 6.45) is -0.840. The van der Waals surface area contributed by atoms with E-state index < -0.39 is 12.2 Å². The maximum atomic E-state index is 13.8. The lowest BCUT2D eigenvalue weighted by Gasteiger charge is -2.37. The van der Waals surface area contributed by atoms with Crippen molar-refractivity contribution in [3.63, 3.8) is 0 Å². The quantitative estimate of drug-likeness (QED) is 0.178. The monoisotopic (exact) mass is 670 g/mol. The van der Waals surface area contributed by atoms with Gasteiger partial charge in [-0.25, -0.2) is 0 Å². The Kier molecular flexibility index (Phi) is 11.0. The fourth-order valence-corrected chi connectivity index (χ4v) is 6.58. The standard InChI is InChI=1S/C38H40Cl2N4O3/c39-31-15-11-29(12-16-31)35(27-37(45)43-23-19-41(20-24-43)33-7-3-1-4-8-33)47-36(30-13-17-32(40)18-14-30)28-38(46)44-25-21-42(22-26-44)34-9-5-2-6-10-34/h1-18,35-36H,19-28H2. The van der Waals surface area contributed by atoms with Gasteiger partial charge in [0.25, 0.3) is 0 Å². The minimum Gasteiger partial charge on any atom is -0.368 e. The average Bonchev–Trinajstić information content (AvgIpc) is 3.12. The first kappa shape index (κ1) is 32.9. The number of rotatable bonds is 10. The van der Waals surface area contributed by atoms with Crippen molar-refractivity contribution in [2.75, 3.05) is 62.2 Å². The highest BCUT2D eigenvalue weighted by atomic mass is 35.5. The Labute approximate surface area is 287 Å². The number of amides is 2. The number of nitrogens with zero attached hydrogens (tertiary/aromatic N) is 4. The Bertz CT molecular complexity index is 1470. The maximum Gasteiger partial charge on any atom is 0.225 e. The predicted octanol–water partition coefficient (Wildman–Crippen LogP) is 7.27. The summed E-state index contributed by atoms with van der Waals surface area (Å²) >= 11 is 12.5. The second-order valence-electron chi connectivity index (χ2n) is 12.0. The lowest BCUT2D eigenvalue weighted by Crippen LogP contribution is -2.49. The van der Waals surface area contributed by atoms with Crippen molar-refractivity contribution < 1.29 is 14.3 Å². The molecule has 2 fully saturated rings. The molecule has 0 spiro atoms. The van der Waals surface area contributed by atoms with Crippen molar-refractivity contribution in [3.05, 3.63) is 130 Å². The summed E-state index contributed by atoms with van der Waals surface area (Å²) in [6.45, 7) is 5.60. The van der Waals surface area contributed by atoms with Crippen molar-refractivity contribution in [1.82, 2.24) is 9.80 Å². The third-order valence-electron chi connectivity index (χ3n) is 9.04. The van der Waals surface area contributed by atoms with E-state index in [1.807, 2.05) is 94.7 Å². The topological polar surface area (TPSA) is 56.3 Å². The highest BCUT2D eigenvalue weighted by molar-refractivity contribution is 6.30. The van der Waals surface area contributed by atoms with Crippen LogP contribution in [-0.2, 0) is 14.3 Å². The highest BCUT2D eigenvalue weighted by Gasteiger charge is 2.30. The van der Waals surface area contributed by atoms with Gasteiger partial charge in [0.05, 0.1) is 25.0 Å². The Hall–Kier alpha value is -4.04. The number of benzene rings is 4. The molecule has 244 valence electrons. The average molecular weight is 672 g/mol. The molecule has 6 rings (SSSR count). The number of hydrogen-bond donors (Lipinski definition) is 0. The van der Waals surface area contributed by atoms with E-state index in [0.717, 1.165) is 37.3 Å². The SMILES string of the molecule is O=C(CC(OC(CC(=O)N1CCN(c2ccccc2)CC1)c1ccc(Cl)cc1)c1ccc(Cl)cc1)N1CCN(c2ccccc2)CC1. The van der Waals surface area contributed by atoms with Gasteiger partial charge >= 0.3 is 0 Å². The number of piperazine rings is 2. The van der Waals surface area contributed by atoms with E-state index in [4.69, 9.17) is 27.9 Å². The van der Waals surface area contributed by atoms with Crippen molar-refractivity contribution in [3.8, 4) is 0 Å². The minimum absolute atomic E-state index is 0.0240. The number of ether oxygens (including phenoxy) is 1. The van der Waals surface area contributed by atoms with Crippen LogP contribution in [0.1, 0.15) is 36.2 Å². The van der Waals surface area contributed by atoms with Gasteiger partial charge in [0, 0.05) is 73.8 Å². The molecule has 0 radical (unpaired) electrons.